The van der Waals surface area contributed by atoms with Gasteiger partial charge in [-0.15, -0.1) is 0 Å². The molecular formula is C8H5BrClFO4S. The van der Waals surface area contributed by atoms with E-state index in [-0.39, 0.29) is 4.47 Å². The summed E-state index contributed by atoms with van der Waals surface area (Å²) in [6.07, 6.45) is 0. The molecule has 4 nitrogen and oxygen atoms in total. The van der Waals surface area contributed by atoms with E-state index in [9.17, 15) is 17.6 Å². The van der Waals surface area contributed by atoms with Gasteiger partial charge >= 0.3 is 5.97 Å². The van der Waals surface area contributed by atoms with Gasteiger partial charge in [0.1, 0.15) is 5.82 Å². The predicted molar refractivity (Wildman–Crippen MR) is 58.5 cm³/mol. The molecule has 1 aromatic rings. The molecule has 0 heterocycles. The largest absolute Gasteiger partial charge is 0.465 e. The fourth-order valence-electron chi connectivity index (χ4n) is 1.03. The van der Waals surface area contributed by atoms with Gasteiger partial charge in [0, 0.05) is 10.7 Å². The molecule has 0 amide bonds. The second-order valence-corrected chi connectivity index (χ2v) is 5.99. The van der Waals surface area contributed by atoms with Gasteiger partial charge in [0.25, 0.3) is 9.05 Å². The number of methoxy groups -OCH3 is 1. The van der Waals surface area contributed by atoms with Gasteiger partial charge in [0.15, 0.2) is 0 Å². The van der Waals surface area contributed by atoms with Crippen molar-refractivity contribution in [2.45, 2.75) is 4.90 Å². The molecule has 0 aliphatic carbocycles. The molecule has 16 heavy (non-hydrogen) atoms. The van der Waals surface area contributed by atoms with Crippen LogP contribution in [-0.2, 0) is 13.8 Å². The summed E-state index contributed by atoms with van der Waals surface area (Å²) in [5.74, 6) is -1.78. The Kier molecular flexibility index (Phi) is 3.92. The van der Waals surface area contributed by atoms with E-state index in [1.54, 1.807) is 0 Å². The van der Waals surface area contributed by atoms with Crippen molar-refractivity contribution in [3.63, 3.8) is 0 Å². The Bertz CT molecular complexity index is 543. The first-order valence-corrected chi connectivity index (χ1v) is 6.90. The topological polar surface area (TPSA) is 60.4 Å². The minimum Gasteiger partial charge on any atom is -0.465 e. The summed E-state index contributed by atoms with van der Waals surface area (Å²) in [6.45, 7) is 0. The van der Waals surface area contributed by atoms with Crippen molar-refractivity contribution in [1.29, 1.82) is 0 Å². The third kappa shape index (κ3) is 2.53. The zero-order valence-electron chi connectivity index (χ0n) is 7.83. The molecule has 0 aliphatic rings. The van der Waals surface area contributed by atoms with E-state index >= 15 is 0 Å². The van der Waals surface area contributed by atoms with E-state index in [4.69, 9.17) is 10.7 Å². The first-order valence-electron chi connectivity index (χ1n) is 3.80. The number of rotatable bonds is 2. The Hall–Kier alpha value is -0.660. The van der Waals surface area contributed by atoms with Crippen LogP contribution in [0.5, 0.6) is 0 Å². The summed E-state index contributed by atoms with van der Waals surface area (Å²) in [5, 5.41) is 0. The number of esters is 1. The standard InChI is InChI=1S/C8H5BrClFO4S/c1-15-8(12)6-5(16(10,13)14)3-2-4(11)7(6)9/h2-3H,1H3. The van der Waals surface area contributed by atoms with Crippen LogP contribution in [0.3, 0.4) is 0 Å². The molecule has 0 saturated heterocycles. The number of benzene rings is 1. The molecule has 8 heteroatoms. The van der Waals surface area contributed by atoms with E-state index in [1.165, 1.54) is 0 Å². The molecule has 0 fully saturated rings. The molecule has 0 aliphatic heterocycles. The summed E-state index contributed by atoms with van der Waals surface area (Å²) >= 11 is 2.77. The van der Waals surface area contributed by atoms with Crippen LogP contribution in [0.1, 0.15) is 10.4 Å². The Labute approximate surface area is 104 Å². The molecule has 0 unspecified atom stereocenters. The van der Waals surface area contributed by atoms with Gasteiger partial charge in [0.05, 0.1) is 22.0 Å². The van der Waals surface area contributed by atoms with Crippen molar-refractivity contribution in [2.75, 3.05) is 7.11 Å². The van der Waals surface area contributed by atoms with Gasteiger partial charge in [0.2, 0.25) is 0 Å². The third-order valence-corrected chi connectivity index (χ3v) is 3.85. The van der Waals surface area contributed by atoms with Crippen molar-refractivity contribution >= 4 is 41.6 Å². The number of hydrogen-bond acceptors (Lipinski definition) is 4. The quantitative estimate of drug-likeness (QED) is 0.616. The number of carbonyl (C=O) groups excluding carboxylic acids is 1. The van der Waals surface area contributed by atoms with Crippen LogP contribution in [0, 0.1) is 5.82 Å². The minimum absolute atomic E-state index is 0.305. The molecule has 0 N–H and O–H groups in total. The predicted octanol–water partition coefficient (Wildman–Crippen LogP) is 2.30. The maximum atomic E-state index is 13.2. The van der Waals surface area contributed by atoms with Crippen molar-refractivity contribution in [3.8, 4) is 0 Å². The maximum Gasteiger partial charge on any atom is 0.340 e. The molecule has 0 saturated carbocycles. The van der Waals surface area contributed by atoms with Gasteiger partial charge in [-0.25, -0.2) is 17.6 Å². The van der Waals surface area contributed by atoms with Crippen molar-refractivity contribution in [2.24, 2.45) is 0 Å². The molecule has 0 radical (unpaired) electrons. The SMILES string of the molecule is COC(=O)c1c(S(=O)(=O)Cl)ccc(F)c1Br. The Morgan fingerprint density at radius 3 is 2.50 bits per heavy atom. The van der Waals surface area contributed by atoms with Gasteiger partial charge in [-0.3, -0.25) is 0 Å². The Balaban J connectivity index is 3.65. The number of hydrogen-bond donors (Lipinski definition) is 0. The molecule has 0 atom stereocenters. The average Bonchev–Trinajstić information content (AvgIpc) is 2.19. The molecule has 1 aromatic carbocycles. The zero-order valence-corrected chi connectivity index (χ0v) is 11.0. The van der Waals surface area contributed by atoms with Crippen LogP contribution < -0.4 is 0 Å². The van der Waals surface area contributed by atoms with Crippen LogP contribution >= 0.6 is 26.6 Å². The summed E-state index contributed by atoms with van der Waals surface area (Å²) in [5.41, 5.74) is -0.461. The van der Waals surface area contributed by atoms with Gasteiger partial charge in [-0.05, 0) is 28.1 Å². The van der Waals surface area contributed by atoms with Crippen LogP contribution in [0.15, 0.2) is 21.5 Å². The molecule has 88 valence electrons. The van der Waals surface area contributed by atoms with Crippen LogP contribution in [0.4, 0.5) is 4.39 Å². The highest BCUT2D eigenvalue weighted by Crippen LogP contribution is 2.29. The maximum absolute atomic E-state index is 13.2. The molecular weight excluding hydrogens is 327 g/mol. The highest BCUT2D eigenvalue weighted by molar-refractivity contribution is 9.10. The van der Waals surface area contributed by atoms with E-state index in [2.05, 4.69) is 20.7 Å². The van der Waals surface area contributed by atoms with Crippen molar-refractivity contribution in [1.82, 2.24) is 0 Å². The summed E-state index contributed by atoms with van der Waals surface area (Å²) in [6, 6.07) is 1.78. The van der Waals surface area contributed by atoms with Crippen LogP contribution in [0.2, 0.25) is 0 Å². The highest BCUT2D eigenvalue weighted by atomic mass is 79.9. The van der Waals surface area contributed by atoms with Gasteiger partial charge in [-0.2, -0.15) is 0 Å². The summed E-state index contributed by atoms with van der Waals surface area (Å²) in [7, 11) is 2.00. The lowest BCUT2D eigenvalue weighted by Gasteiger charge is -2.07. The lowest BCUT2D eigenvalue weighted by Crippen LogP contribution is -2.09. The first kappa shape index (κ1) is 13.4. The van der Waals surface area contributed by atoms with E-state index in [0.29, 0.717) is 0 Å². The first-order chi connectivity index (χ1) is 7.29. The van der Waals surface area contributed by atoms with E-state index in [1.807, 2.05) is 0 Å². The Morgan fingerprint density at radius 2 is 2.06 bits per heavy atom. The second kappa shape index (κ2) is 4.68. The van der Waals surface area contributed by atoms with Crippen LogP contribution in [-0.4, -0.2) is 21.5 Å². The number of ether oxygens (including phenoxy) is 1. The normalized spacial score (nSPS) is 11.2. The number of halogens is 3. The summed E-state index contributed by atoms with van der Waals surface area (Å²) in [4.78, 5) is 10.8. The summed E-state index contributed by atoms with van der Waals surface area (Å²) < 4.78 is 39.5. The second-order valence-electron chi connectivity index (χ2n) is 2.66. The average molecular weight is 332 g/mol. The van der Waals surface area contributed by atoms with Crippen LogP contribution in [0.25, 0.3) is 0 Å². The fraction of sp³-hybridized carbons (Fsp3) is 0.125. The third-order valence-electron chi connectivity index (χ3n) is 1.71. The van der Waals surface area contributed by atoms with Gasteiger partial charge in [-0.1, -0.05) is 0 Å². The Morgan fingerprint density at radius 1 is 1.50 bits per heavy atom. The number of carbonyl (C=O) groups is 1. The van der Waals surface area contributed by atoms with Crippen molar-refractivity contribution < 1.29 is 22.3 Å². The lowest BCUT2D eigenvalue weighted by atomic mass is 10.2. The van der Waals surface area contributed by atoms with Gasteiger partial charge < -0.3 is 4.74 Å². The molecule has 1 rings (SSSR count). The highest BCUT2D eigenvalue weighted by Gasteiger charge is 2.25. The van der Waals surface area contributed by atoms with Crippen molar-refractivity contribution in [3.05, 3.63) is 28.0 Å². The fourth-order valence-corrected chi connectivity index (χ4v) is 2.71. The van der Waals surface area contributed by atoms with E-state index in [0.717, 1.165) is 19.2 Å². The smallest absolute Gasteiger partial charge is 0.340 e. The monoisotopic (exact) mass is 330 g/mol. The zero-order chi connectivity index (χ0) is 12.5. The van der Waals surface area contributed by atoms with E-state index < -0.39 is 31.3 Å². The lowest BCUT2D eigenvalue weighted by molar-refractivity contribution is 0.0594. The molecule has 0 aromatic heterocycles. The minimum atomic E-state index is -4.15. The molecule has 0 bridgehead atoms. The molecule has 0 spiro atoms.